The molecule has 0 amide bonds. The van der Waals surface area contributed by atoms with Gasteiger partial charge < -0.3 is 4.42 Å². The van der Waals surface area contributed by atoms with Crippen molar-refractivity contribution in [3.8, 4) is 11.8 Å². The van der Waals surface area contributed by atoms with Gasteiger partial charge in [0.15, 0.2) is 0 Å². The minimum Gasteiger partial charge on any atom is -0.456 e. The predicted octanol–water partition coefficient (Wildman–Crippen LogP) is 7.57. The van der Waals surface area contributed by atoms with Crippen LogP contribution in [0.25, 0.3) is 72.3 Å². The van der Waals surface area contributed by atoms with Gasteiger partial charge in [0.05, 0.1) is 50.4 Å². The number of rotatable bonds is 1. The number of fused-ring (bicyclic) bond motifs is 12. The summed E-state index contributed by atoms with van der Waals surface area (Å²) in [5.41, 5.74) is 8.84. The summed E-state index contributed by atoms with van der Waals surface area (Å²) in [5.74, 6) is 1.49. The molecule has 0 atom stereocenters. The number of hydrogen-bond donors (Lipinski definition) is 0. The van der Waals surface area contributed by atoms with Gasteiger partial charge in [-0.25, -0.2) is 14.5 Å². The number of imidazole rings is 2. The Kier molecular flexibility index (Phi) is 4.00. The maximum atomic E-state index is 9.53. The van der Waals surface area contributed by atoms with Gasteiger partial charge in [0, 0.05) is 10.8 Å². The smallest absolute Gasteiger partial charge is 0.223 e. The van der Waals surface area contributed by atoms with Gasteiger partial charge in [-0.1, -0.05) is 36.4 Å². The van der Waals surface area contributed by atoms with Gasteiger partial charge in [0.25, 0.3) is 0 Å². The number of hydrogen-bond acceptors (Lipinski definition) is 4. The van der Waals surface area contributed by atoms with E-state index in [-0.39, 0.29) is 0 Å². The molecule has 186 valence electrons. The van der Waals surface area contributed by atoms with Crippen LogP contribution in [-0.2, 0) is 0 Å². The van der Waals surface area contributed by atoms with Gasteiger partial charge in [0.1, 0.15) is 11.2 Å². The number of para-hydroxylation sites is 6. The van der Waals surface area contributed by atoms with E-state index >= 15 is 0 Å². The van der Waals surface area contributed by atoms with E-state index in [4.69, 9.17) is 14.4 Å². The van der Waals surface area contributed by atoms with Gasteiger partial charge in [-0.2, -0.15) is 5.26 Å². The molecule has 0 N–H and O–H groups in total. The highest BCUT2D eigenvalue weighted by molar-refractivity contribution is 6.06. The number of benzene rings is 5. The maximum Gasteiger partial charge on any atom is 0.223 e. The first kappa shape index (κ1) is 21.1. The number of nitriles is 1. The Morgan fingerprint density at radius 3 is 1.70 bits per heavy atom. The van der Waals surface area contributed by atoms with Crippen LogP contribution in [0.1, 0.15) is 5.56 Å². The van der Waals surface area contributed by atoms with Gasteiger partial charge >= 0.3 is 0 Å². The molecule has 5 aromatic carbocycles. The fourth-order valence-electron chi connectivity index (χ4n) is 5.94. The van der Waals surface area contributed by atoms with Crippen molar-refractivity contribution in [1.29, 1.82) is 5.26 Å². The minimum atomic E-state index is 0.592. The Labute approximate surface area is 226 Å². The predicted molar refractivity (Wildman–Crippen MR) is 157 cm³/mol. The molecule has 7 heteroatoms. The largest absolute Gasteiger partial charge is 0.456 e. The third-order valence-corrected chi connectivity index (χ3v) is 7.69. The van der Waals surface area contributed by atoms with Crippen molar-refractivity contribution < 1.29 is 4.42 Å². The summed E-state index contributed by atoms with van der Waals surface area (Å²) in [6.45, 7) is 0. The lowest BCUT2D eigenvalue weighted by Gasteiger charge is -2.07. The number of nitrogens with zero attached hydrogens (tertiary/aromatic N) is 6. The zero-order valence-electron chi connectivity index (χ0n) is 21.0. The van der Waals surface area contributed by atoms with Crippen molar-refractivity contribution in [3.05, 3.63) is 115 Å². The second kappa shape index (κ2) is 7.59. The first-order valence-corrected chi connectivity index (χ1v) is 13.0. The molecular weight excluding hydrogens is 496 g/mol. The standard InChI is InChI=1S/C33H18N6O/c34-19-20-13-15-30-22(17-20)23-18-21(14-16-31(23)40-30)37-32-35-24-7-1-3-9-26(24)38(32)28-11-5-6-12-29(28)39-27-10-4-2-8-25(27)36-33(37)39/h1-18H. The fraction of sp³-hybridized carbons (Fsp3) is 0. The van der Waals surface area contributed by atoms with E-state index in [1.54, 1.807) is 6.07 Å². The summed E-state index contributed by atoms with van der Waals surface area (Å²) in [6, 6.07) is 38.6. The molecule has 0 spiro atoms. The van der Waals surface area contributed by atoms with Crippen LogP contribution >= 0.6 is 0 Å². The summed E-state index contributed by atoms with van der Waals surface area (Å²) in [4.78, 5) is 10.3. The van der Waals surface area contributed by atoms with Crippen LogP contribution in [0.5, 0.6) is 0 Å². The van der Waals surface area contributed by atoms with Gasteiger partial charge in [0.2, 0.25) is 11.6 Å². The van der Waals surface area contributed by atoms with E-state index in [9.17, 15) is 5.26 Å². The maximum absolute atomic E-state index is 9.53. The molecule has 9 rings (SSSR count). The molecular formula is C33H18N6O. The van der Waals surface area contributed by atoms with Crippen molar-refractivity contribution in [2.45, 2.75) is 0 Å². The van der Waals surface area contributed by atoms with Crippen LogP contribution in [-0.4, -0.2) is 23.3 Å². The summed E-state index contributed by atoms with van der Waals surface area (Å²) >= 11 is 0. The van der Waals surface area contributed by atoms with Crippen LogP contribution < -0.4 is 0 Å². The fourth-order valence-corrected chi connectivity index (χ4v) is 5.94. The highest BCUT2D eigenvalue weighted by Crippen LogP contribution is 2.34. The molecule has 0 aliphatic rings. The molecule has 0 saturated carbocycles. The molecule has 0 unspecified atom stereocenters. The van der Waals surface area contributed by atoms with E-state index < -0.39 is 0 Å². The van der Waals surface area contributed by atoms with Crippen molar-refractivity contribution in [1.82, 2.24) is 23.3 Å². The Morgan fingerprint density at radius 2 is 1.10 bits per heavy atom. The van der Waals surface area contributed by atoms with Crippen LogP contribution in [0, 0.1) is 11.3 Å². The monoisotopic (exact) mass is 514 g/mol. The zero-order valence-corrected chi connectivity index (χ0v) is 21.0. The van der Waals surface area contributed by atoms with E-state index in [1.807, 2.05) is 60.7 Å². The van der Waals surface area contributed by atoms with Gasteiger partial charge in [-0.3, -0.25) is 8.80 Å². The molecule has 4 heterocycles. The highest BCUT2D eigenvalue weighted by Gasteiger charge is 2.19. The molecule has 0 bridgehead atoms. The first-order chi connectivity index (χ1) is 19.8. The summed E-state index contributed by atoms with van der Waals surface area (Å²) in [5, 5.41) is 11.4. The molecule has 40 heavy (non-hydrogen) atoms. The molecule has 9 aromatic rings. The van der Waals surface area contributed by atoms with Crippen LogP contribution in [0.4, 0.5) is 0 Å². The molecule has 4 aromatic heterocycles. The van der Waals surface area contributed by atoms with Crippen LogP contribution in [0.3, 0.4) is 0 Å². The Bertz CT molecular complexity index is 2460. The van der Waals surface area contributed by atoms with Gasteiger partial charge in [-0.05, 0) is 72.8 Å². The van der Waals surface area contributed by atoms with Crippen LogP contribution in [0.15, 0.2) is 114 Å². The molecule has 0 radical (unpaired) electrons. The lowest BCUT2D eigenvalue weighted by molar-refractivity contribution is 0.669. The Balaban J connectivity index is 1.56. The quantitative estimate of drug-likeness (QED) is 0.226. The zero-order chi connectivity index (χ0) is 26.4. The average Bonchev–Trinajstić information content (AvgIpc) is 3.66. The van der Waals surface area contributed by atoms with Gasteiger partial charge in [-0.15, -0.1) is 0 Å². The number of aromatic nitrogens is 5. The Hall–Kier alpha value is -5.87. The second-order valence-electron chi connectivity index (χ2n) is 9.90. The van der Waals surface area contributed by atoms with E-state index in [0.29, 0.717) is 5.56 Å². The van der Waals surface area contributed by atoms with E-state index in [2.05, 4.69) is 61.9 Å². The minimum absolute atomic E-state index is 0.592. The molecule has 0 aliphatic heterocycles. The lowest BCUT2D eigenvalue weighted by atomic mass is 10.1. The third-order valence-electron chi connectivity index (χ3n) is 7.69. The molecule has 0 aliphatic carbocycles. The van der Waals surface area contributed by atoms with Crippen molar-refractivity contribution in [2.75, 3.05) is 0 Å². The Morgan fingerprint density at radius 1 is 0.575 bits per heavy atom. The van der Waals surface area contributed by atoms with Crippen molar-refractivity contribution in [2.24, 2.45) is 0 Å². The molecule has 0 fully saturated rings. The summed E-state index contributed by atoms with van der Waals surface area (Å²) in [7, 11) is 0. The summed E-state index contributed by atoms with van der Waals surface area (Å²) in [6.07, 6.45) is 0. The molecule has 7 nitrogen and oxygen atoms in total. The second-order valence-corrected chi connectivity index (χ2v) is 9.90. The van der Waals surface area contributed by atoms with Crippen molar-refractivity contribution >= 4 is 66.6 Å². The number of furan rings is 1. The average molecular weight is 515 g/mol. The molecule has 0 saturated heterocycles. The van der Waals surface area contributed by atoms with E-state index in [0.717, 1.165) is 72.3 Å². The topological polar surface area (TPSA) is 76.5 Å². The first-order valence-electron chi connectivity index (χ1n) is 13.0. The van der Waals surface area contributed by atoms with Crippen molar-refractivity contribution in [3.63, 3.8) is 0 Å². The lowest BCUT2D eigenvalue weighted by Crippen LogP contribution is -2.01. The van der Waals surface area contributed by atoms with Crippen LogP contribution in [0.2, 0.25) is 0 Å². The summed E-state index contributed by atoms with van der Waals surface area (Å²) < 4.78 is 12.7. The SMILES string of the molecule is N#Cc1ccc2oc3ccc(-n4c5nc6ccccc6n5c5ccccc5n5c6ccccc6nc45)cc3c2c1. The normalized spacial score (nSPS) is 12.0. The highest BCUT2D eigenvalue weighted by atomic mass is 16.3. The van der Waals surface area contributed by atoms with E-state index in [1.165, 1.54) is 0 Å². The third kappa shape index (κ3) is 2.71.